The third-order valence-electron chi connectivity index (χ3n) is 4.11. The molecule has 0 saturated carbocycles. The van der Waals surface area contributed by atoms with Crippen LogP contribution in [0.4, 0.5) is 11.4 Å². The molecule has 3 aromatic rings. The maximum absolute atomic E-state index is 6.06. The van der Waals surface area contributed by atoms with Crippen LogP contribution in [0.3, 0.4) is 0 Å². The lowest BCUT2D eigenvalue weighted by atomic mass is 10.2. The molecule has 0 atom stereocenters. The minimum absolute atomic E-state index is 0.340. The Bertz CT molecular complexity index is 927. The van der Waals surface area contributed by atoms with E-state index >= 15 is 0 Å². The molecule has 0 saturated heterocycles. The Balaban J connectivity index is 0.000000232. The Morgan fingerprint density at radius 3 is 2.03 bits per heavy atom. The zero-order chi connectivity index (χ0) is 22.3. The fourth-order valence-electron chi connectivity index (χ4n) is 2.70. The summed E-state index contributed by atoms with van der Waals surface area (Å²) in [6.45, 7) is 9.12. The van der Waals surface area contributed by atoms with Crippen LogP contribution >= 0.6 is 46.4 Å². The van der Waals surface area contributed by atoms with Crippen LogP contribution in [0, 0.1) is 0 Å². The number of nitrogens with one attached hydrogen (secondary N) is 2. The number of aromatic nitrogens is 2. The first-order valence-corrected chi connectivity index (χ1v) is 11.1. The summed E-state index contributed by atoms with van der Waals surface area (Å²) in [7, 11) is 0. The Hall–Kier alpha value is -1.59. The van der Waals surface area contributed by atoms with Gasteiger partial charge in [0.25, 0.3) is 0 Å². The van der Waals surface area contributed by atoms with Crippen LogP contribution < -0.4 is 10.2 Å². The van der Waals surface area contributed by atoms with Gasteiger partial charge in [0.15, 0.2) is 0 Å². The van der Waals surface area contributed by atoms with Crippen molar-refractivity contribution in [3.63, 3.8) is 0 Å². The first-order chi connectivity index (χ1) is 14.2. The first kappa shape index (κ1) is 24.7. The Morgan fingerprint density at radius 2 is 1.53 bits per heavy atom. The fraction of sp³-hybridized carbons (Fsp3) is 0.318. The molecule has 0 radical (unpaired) electrons. The van der Waals surface area contributed by atoms with E-state index in [2.05, 4.69) is 47.9 Å². The molecule has 0 amide bonds. The Labute approximate surface area is 198 Å². The van der Waals surface area contributed by atoms with E-state index in [1.165, 1.54) is 0 Å². The van der Waals surface area contributed by atoms with Gasteiger partial charge in [-0.3, -0.25) is 0 Å². The lowest BCUT2D eigenvalue weighted by Crippen LogP contribution is -2.30. The second-order valence-corrected chi connectivity index (χ2v) is 8.91. The van der Waals surface area contributed by atoms with E-state index in [0.29, 0.717) is 38.7 Å². The van der Waals surface area contributed by atoms with Gasteiger partial charge in [-0.25, -0.2) is 4.98 Å². The van der Waals surface area contributed by atoms with E-state index in [9.17, 15) is 0 Å². The molecular weight excluding hydrogens is 462 g/mol. The lowest BCUT2D eigenvalue weighted by molar-refractivity contribution is 0.666. The monoisotopic (exact) mass is 486 g/mol. The average molecular weight is 488 g/mol. The van der Waals surface area contributed by atoms with Crippen molar-refractivity contribution in [1.29, 1.82) is 0 Å². The van der Waals surface area contributed by atoms with Gasteiger partial charge in [-0.15, -0.1) is 0 Å². The molecule has 0 aliphatic rings. The predicted octanol–water partition coefficient (Wildman–Crippen LogP) is 7.95. The van der Waals surface area contributed by atoms with E-state index < -0.39 is 0 Å². The van der Waals surface area contributed by atoms with Gasteiger partial charge < -0.3 is 15.2 Å². The second kappa shape index (κ2) is 11.7. The third kappa shape index (κ3) is 7.59. The molecule has 2 N–H and O–H groups in total. The van der Waals surface area contributed by atoms with Crippen LogP contribution in [0.5, 0.6) is 0 Å². The molecule has 0 fully saturated rings. The van der Waals surface area contributed by atoms with Crippen LogP contribution in [0.25, 0.3) is 0 Å². The molecular formula is C22H26Cl4N4. The summed E-state index contributed by atoms with van der Waals surface area (Å²) in [6.07, 6.45) is 3.57. The lowest BCUT2D eigenvalue weighted by Gasteiger charge is -2.28. The van der Waals surface area contributed by atoms with Crippen LogP contribution in [-0.4, -0.2) is 22.1 Å². The minimum Gasteiger partial charge on any atom is -0.383 e. The van der Waals surface area contributed by atoms with E-state index in [0.717, 1.165) is 17.2 Å². The normalized spacial score (nSPS) is 10.7. The maximum Gasteiger partial charge on any atom is 0.125 e. The zero-order valence-electron chi connectivity index (χ0n) is 17.4. The van der Waals surface area contributed by atoms with Crippen molar-refractivity contribution in [1.82, 2.24) is 9.97 Å². The summed E-state index contributed by atoms with van der Waals surface area (Å²) in [4.78, 5) is 9.56. The van der Waals surface area contributed by atoms with Gasteiger partial charge in [0, 0.05) is 35.9 Å². The second-order valence-electron chi connectivity index (χ2n) is 7.28. The summed E-state index contributed by atoms with van der Waals surface area (Å²) < 4.78 is 0. The van der Waals surface area contributed by atoms with Crippen molar-refractivity contribution < 1.29 is 0 Å². The first-order valence-electron chi connectivity index (χ1n) is 9.59. The molecule has 0 aliphatic heterocycles. The van der Waals surface area contributed by atoms with Gasteiger partial charge in [0.2, 0.25) is 0 Å². The highest BCUT2D eigenvalue weighted by atomic mass is 35.5. The molecule has 1 heterocycles. The topological polar surface area (TPSA) is 44.0 Å². The molecule has 3 rings (SSSR count). The van der Waals surface area contributed by atoms with Gasteiger partial charge in [0.1, 0.15) is 5.82 Å². The largest absolute Gasteiger partial charge is 0.383 e. The van der Waals surface area contributed by atoms with E-state index in [-0.39, 0.29) is 0 Å². The summed E-state index contributed by atoms with van der Waals surface area (Å²) >= 11 is 23.6. The number of halogens is 4. The SMILES string of the molecule is CC(C)N(Cc1ncc[nH]1)c1ccc(Cl)c(Cl)c1.CC(C)Nc1ccc(Cl)c(Cl)c1. The number of hydrogen-bond acceptors (Lipinski definition) is 3. The number of rotatable bonds is 6. The number of imidazole rings is 1. The predicted molar refractivity (Wildman–Crippen MR) is 132 cm³/mol. The number of nitrogens with zero attached hydrogens (tertiary/aromatic N) is 2. The number of H-pyrrole nitrogens is 1. The Kier molecular flexibility index (Phi) is 9.63. The number of anilines is 2. The number of aromatic amines is 1. The molecule has 1 aromatic heterocycles. The summed E-state index contributed by atoms with van der Waals surface area (Å²) in [6, 6.07) is 11.9. The summed E-state index contributed by atoms with van der Waals surface area (Å²) in [5.74, 6) is 0.926. The highest BCUT2D eigenvalue weighted by Gasteiger charge is 2.13. The van der Waals surface area contributed by atoms with Gasteiger partial charge in [-0.1, -0.05) is 46.4 Å². The molecule has 0 aliphatic carbocycles. The van der Waals surface area contributed by atoms with Crippen LogP contribution in [0.2, 0.25) is 20.1 Å². The highest BCUT2D eigenvalue weighted by Crippen LogP contribution is 2.29. The van der Waals surface area contributed by atoms with Crippen LogP contribution in [-0.2, 0) is 6.54 Å². The highest BCUT2D eigenvalue weighted by molar-refractivity contribution is 6.42. The van der Waals surface area contributed by atoms with Crippen molar-refractivity contribution in [2.24, 2.45) is 0 Å². The van der Waals surface area contributed by atoms with Crippen LogP contribution in [0.1, 0.15) is 33.5 Å². The third-order valence-corrected chi connectivity index (χ3v) is 5.59. The van der Waals surface area contributed by atoms with Crippen molar-refractivity contribution in [2.75, 3.05) is 10.2 Å². The number of benzene rings is 2. The molecule has 0 bridgehead atoms. The molecule has 8 heteroatoms. The smallest absolute Gasteiger partial charge is 0.125 e. The standard InChI is InChI=1S/C13H15Cl2N3.C9H11Cl2N/c1-9(2)18(8-13-16-5-6-17-13)10-3-4-11(14)12(15)7-10;1-6(2)12-7-3-4-8(10)9(11)5-7/h3-7,9H,8H2,1-2H3,(H,16,17);3-6,12H,1-2H3. The van der Waals surface area contributed by atoms with Gasteiger partial charge >= 0.3 is 0 Å². The van der Waals surface area contributed by atoms with E-state index in [4.69, 9.17) is 46.4 Å². The number of hydrogen-bond donors (Lipinski definition) is 2. The minimum atomic E-state index is 0.340. The fourth-order valence-corrected chi connectivity index (χ4v) is 3.29. The quantitative estimate of drug-likeness (QED) is 0.370. The molecule has 0 spiro atoms. The van der Waals surface area contributed by atoms with Gasteiger partial charge in [-0.2, -0.15) is 0 Å². The molecule has 0 unspecified atom stereocenters. The van der Waals surface area contributed by atoms with Crippen LogP contribution in [0.15, 0.2) is 48.8 Å². The Morgan fingerprint density at radius 1 is 0.900 bits per heavy atom. The molecule has 4 nitrogen and oxygen atoms in total. The van der Waals surface area contributed by atoms with E-state index in [1.807, 2.05) is 36.5 Å². The molecule has 30 heavy (non-hydrogen) atoms. The van der Waals surface area contributed by atoms with Crippen molar-refractivity contribution >= 4 is 57.8 Å². The molecule has 2 aromatic carbocycles. The van der Waals surface area contributed by atoms with Crippen molar-refractivity contribution in [3.05, 3.63) is 74.7 Å². The average Bonchev–Trinajstić information content (AvgIpc) is 3.18. The van der Waals surface area contributed by atoms with Gasteiger partial charge in [0.05, 0.1) is 26.6 Å². The van der Waals surface area contributed by atoms with Crippen molar-refractivity contribution in [3.8, 4) is 0 Å². The summed E-state index contributed by atoms with van der Waals surface area (Å²) in [5.41, 5.74) is 2.04. The van der Waals surface area contributed by atoms with Gasteiger partial charge in [-0.05, 0) is 64.1 Å². The zero-order valence-corrected chi connectivity index (χ0v) is 20.4. The maximum atomic E-state index is 6.06. The molecule has 162 valence electrons. The van der Waals surface area contributed by atoms with E-state index in [1.54, 1.807) is 12.3 Å². The summed E-state index contributed by atoms with van der Waals surface area (Å²) in [5, 5.41) is 5.54. The van der Waals surface area contributed by atoms with Crippen molar-refractivity contribution in [2.45, 2.75) is 46.3 Å².